The van der Waals surface area contributed by atoms with Gasteiger partial charge in [-0.1, -0.05) is 48.3 Å². The van der Waals surface area contributed by atoms with Crippen LogP contribution in [0, 0.1) is 0 Å². The highest BCUT2D eigenvalue weighted by Gasteiger charge is 2.17. The second-order valence-electron chi connectivity index (χ2n) is 5.29. The second-order valence-corrected chi connectivity index (χ2v) is 6.58. The van der Waals surface area contributed by atoms with Gasteiger partial charge < -0.3 is 4.52 Å². The maximum atomic E-state index is 12.1. The molecule has 1 aliphatic rings. The van der Waals surface area contributed by atoms with E-state index in [4.69, 9.17) is 4.52 Å². The molecule has 1 aliphatic carbocycles. The van der Waals surface area contributed by atoms with Gasteiger partial charge in [0, 0.05) is 10.8 Å². The summed E-state index contributed by atoms with van der Waals surface area (Å²) in [5, 5.41) is 4.70. The molecule has 5 heteroatoms. The maximum absolute atomic E-state index is 12.1. The first-order valence-corrected chi connectivity index (χ1v) is 8.37. The minimum absolute atomic E-state index is 0.00856. The molecule has 0 aliphatic heterocycles. The van der Waals surface area contributed by atoms with E-state index in [1.165, 1.54) is 25.7 Å². The summed E-state index contributed by atoms with van der Waals surface area (Å²) < 4.78 is 5.18. The Morgan fingerprint density at radius 3 is 2.76 bits per heavy atom. The normalized spacial score (nSPS) is 15.4. The SMILES string of the molecule is O=C(Cc1nc(CSC2CCCC2)no1)c1ccccc1. The largest absolute Gasteiger partial charge is 0.339 e. The Hall–Kier alpha value is -1.62. The molecular weight excluding hydrogens is 284 g/mol. The molecule has 3 rings (SSSR count). The fourth-order valence-electron chi connectivity index (χ4n) is 2.53. The second kappa shape index (κ2) is 6.89. The van der Waals surface area contributed by atoms with Crippen molar-refractivity contribution >= 4 is 17.5 Å². The number of nitrogens with zero attached hydrogens (tertiary/aromatic N) is 2. The van der Waals surface area contributed by atoms with Crippen molar-refractivity contribution in [2.24, 2.45) is 0 Å². The molecule has 0 amide bonds. The molecule has 1 aromatic heterocycles. The van der Waals surface area contributed by atoms with Crippen molar-refractivity contribution in [3.8, 4) is 0 Å². The molecule has 0 saturated heterocycles. The molecule has 0 spiro atoms. The van der Waals surface area contributed by atoms with Gasteiger partial charge in [0.1, 0.15) is 0 Å². The number of hydrogen-bond donors (Lipinski definition) is 0. The lowest BCUT2D eigenvalue weighted by molar-refractivity contribution is 0.0983. The van der Waals surface area contributed by atoms with Crippen LogP contribution in [0.3, 0.4) is 0 Å². The number of carbonyl (C=O) groups excluding carboxylic acids is 1. The fourth-order valence-corrected chi connectivity index (χ4v) is 3.70. The predicted molar refractivity (Wildman–Crippen MR) is 82.3 cm³/mol. The average Bonchev–Trinajstić information content (AvgIpc) is 3.17. The van der Waals surface area contributed by atoms with E-state index in [1.54, 1.807) is 12.1 Å². The minimum Gasteiger partial charge on any atom is -0.339 e. The first kappa shape index (κ1) is 14.3. The first-order chi connectivity index (χ1) is 10.3. The summed E-state index contributed by atoms with van der Waals surface area (Å²) in [7, 11) is 0. The molecule has 1 fully saturated rings. The Morgan fingerprint density at radius 2 is 2.00 bits per heavy atom. The topological polar surface area (TPSA) is 56.0 Å². The summed E-state index contributed by atoms with van der Waals surface area (Å²) in [6.07, 6.45) is 5.43. The van der Waals surface area contributed by atoms with Gasteiger partial charge in [-0.05, 0) is 12.8 Å². The minimum atomic E-state index is 0.00856. The highest BCUT2D eigenvalue weighted by Crippen LogP contribution is 2.30. The van der Waals surface area contributed by atoms with E-state index in [1.807, 2.05) is 30.0 Å². The zero-order chi connectivity index (χ0) is 14.5. The predicted octanol–water partition coefficient (Wildman–Crippen LogP) is 3.67. The van der Waals surface area contributed by atoms with Crippen molar-refractivity contribution in [2.75, 3.05) is 0 Å². The third-order valence-electron chi connectivity index (χ3n) is 3.67. The fraction of sp³-hybridized carbons (Fsp3) is 0.438. The van der Waals surface area contributed by atoms with Crippen molar-refractivity contribution in [3.05, 3.63) is 47.6 Å². The maximum Gasteiger partial charge on any atom is 0.234 e. The molecule has 2 aromatic rings. The molecule has 0 N–H and O–H groups in total. The van der Waals surface area contributed by atoms with Crippen LogP contribution in [0.5, 0.6) is 0 Å². The number of Topliss-reactive ketones (excluding diaryl/α,β-unsaturated/α-hetero) is 1. The van der Waals surface area contributed by atoms with Crippen molar-refractivity contribution < 1.29 is 9.32 Å². The van der Waals surface area contributed by atoms with E-state index in [0.717, 1.165) is 11.0 Å². The van der Waals surface area contributed by atoms with Crippen LogP contribution >= 0.6 is 11.8 Å². The first-order valence-electron chi connectivity index (χ1n) is 7.32. The summed E-state index contributed by atoms with van der Waals surface area (Å²) in [5.74, 6) is 1.89. The lowest BCUT2D eigenvalue weighted by atomic mass is 10.1. The number of carbonyl (C=O) groups is 1. The van der Waals surface area contributed by atoms with Gasteiger partial charge in [0.05, 0.1) is 12.2 Å². The van der Waals surface area contributed by atoms with Crippen molar-refractivity contribution in [1.29, 1.82) is 0 Å². The van der Waals surface area contributed by atoms with Crippen LogP contribution in [0.1, 0.15) is 47.8 Å². The van der Waals surface area contributed by atoms with E-state index in [9.17, 15) is 4.79 Å². The summed E-state index contributed by atoms with van der Waals surface area (Å²) in [5.41, 5.74) is 0.678. The number of aromatic nitrogens is 2. The molecule has 1 saturated carbocycles. The van der Waals surface area contributed by atoms with Gasteiger partial charge in [-0.3, -0.25) is 4.79 Å². The van der Waals surface area contributed by atoms with E-state index < -0.39 is 0 Å². The van der Waals surface area contributed by atoms with Crippen LogP contribution in [-0.2, 0) is 12.2 Å². The van der Waals surface area contributed by atoms with Crippen molar-refractivity contribution in [2.45, 2.75) is 43.1 Å². The molecule has 4 nitrogen and oxygen atoms in total. The monoisotopic (exact) mass is 302 g/mol. The Bertz CT molecular complexity index is 591. The Balaban J connectivity index is 1.53. The Labute approximate surface area is 128 Å². The van der Waals surface area contributed by atoms with Gasteiger partial charge in [-0.15, -0.1) is 0 Å². The smallest absolute Gasteiger partial charge is 0.234 e. The van der Waals surface area contributed by atoms with Gasteiger partial charge >= 0.3 is 0 Å². The number of rotatable bonds is 6. The van der Waals surface area contributed by atoms with Crippen LogP contribution in [0.4, 0.5) is 0 Å². The van der Waals surface area contributed by atoms with Gasteiger partial charge in [0.2, 0.25) is 5.89 Å². The summed E-state index contributed by atoms with van der Waals surface area (Å²) in [6, 6.07) is 9.20. The number of benzene rings is 1. The van der Waals surface area contributed by atoms with Crippen LogP contribution < -0.4 is 0 Å². The van der Waals surface area contributed by atoms with Gasteiger partial charge in [-0.25, -0.2) is 0 Å². The van der Waals surface area contributed by atoms with Crippen LogP contribution in [0.15, 0.2) is 34.9 Å². The molecule has 1 heterocycles. The average molecular weight is 302 g/mol. The van der Waals surface area contributed by atoms with Crippen LogP contribution in [0.2, 0.25) is 0 Å². The molecule has 0 unspecified atom stereocenters. The third-order valence-corrected chi connectivity index (χ3v) is 5.04. The van der Waals surface area contributed by atoms with E-state index >= 15 is 0 Å². The highest BCUT2D eigenvalue weighted by molar-refractivity contribution is 7.99. The summed E-state index contributed by atoms with van der Waals surface area (Å²) in [6.45, 7) is 0. The lowest BCUT2D eigenvalue weighted by Gasteiger charge is -2.04. The zero-order valence-corrected chi connectivity index (χ0v) is 12.6. The van der Waals surface area contributed by atoms with Crippen molar-refractivity contribution in [1.82, 2.24) is 10.1 Å². The molecule has 110 valence electrons. The van der Waals surface area contributed by atoms with E-state index in [0.29, 0.717) is 17.3 Å². The highest BCUT2D eigenvalue weighted by atomic mass is 32.2. The van der Waals surface area contributed by atoms with Gasteiger partial charge in [-0.2, -0.15) is 16.7 Å². The Kier molecular flexibility index (Phi) is 4.70. The molecule has 1 aromatic carbocycles. The van der Waals surface area contributed by atoms with E-state index in [-0.39, 0.29) is 12.2 Å². The number of thioether (sulfide) groups is 1. The van der Waals surface area contributed by atoms with Gasteiger partial charge in [0.15, 0.2) is 11.6 Å². The van der Waals surface area contributed by atoms with Gasteiger partial charge in [0.25, 0.3) is 0 Å². The molecular formula is C16H18N2O2S. The summed E-state index contributed by atoms with van der Waals surface area (Å²) >= 11 is 1.90. The molecule has 0 radical (unpaired) electrons. The standard InChI is InChI=1S/C16H18N2O2S/c19-14(12-6-2-1-3-7-12)10-16-17-15(18-20-16)11-21-13-8-4-5-9-13/h1-3,6-7,13H,4-5,8-11H2. The molecule has 0 atom stereocenters. The third kappa shape index (κ3) is 3.94. The Morgan fingerprint density at radius 1 is 1.24 bits per heavy atom. The van der Waals surface area contributed by atoms with Crippen LogP contribution in [-0.4, -0.2) is 21.2 Å². The molecule has 21 heavy (non-hydrogen) atoms. The number of hydrogen-bond acceptors (Lipinski definition) is 5. The molecule has 0 bridgehead atoms. The quantitative estimate of drug-likeness (QED) is 0.762. The van der Waals surface area contributed by atoms with E-state index in [2.05, 4.69) is 10.1 Å². The van der Waals surface area contributed by atoms with Crippen molar-refractivity contribution in [3.63, 3.8) is 0 Å². The number of ketones is 1. The summed E-state index contributed by atoms with van der Waals surface area (Å²) in [4.78, 5) is 16.4. The zero-order valence-electron chi connectivity index (χ0n) is 11.8. The van der Waals surface area contributed by atoms with Crippen LogP contribution in [0.25, 0.3) is 0 Å². The lowest BCUT2D eigenvalue weighted by Crippen LogP contribution is -2.03.